The molecule has 2 unspecified atom stereocenters. The zero-order chi connectivity index (χ0) is 12.5. The highest BCUT2D eigenvalue weighted by molar-refractivity contribution is 5.81. The molecule has 3 rings (SSSR count). The van der Waals surface area contributed by atoms with Crippen LogP contribution in [-0.2, 0) is 4.79 Å². The van der Waals surface area contributed by atoms with Crippen LogP contribution in [0.25, 0.3) is 11.0 Å². The molecule has 0 saturated heterocycles. The third-order valence-corrected chi connectivity index (χ3v) is 3.71. The van der Waals surface area contributed by atoms with Gasteiger partial charge in [-0.3, -0.25) is 4.79 Å². The van der Waals surface area contributed by atoms with Gasteiger partial charge < -0.3 is 9.73 Å². The molecule has 1 aliphatic rings. The van der Waals surface area contributed by atoms with E-state index in [4.69, 9.17) is 4.42 Å². The van der Waals surface area contributed by atoms with Crippen molar-refractivity contribution in [1.82, 2.24) is 5.32 Å². The van der Waals surface area contributed by atoms with E-state index in [1.807, 2.05) is 13.0 Å². The number of hydrogen-bond donors (Lipinski definition) is 1. The molecule has 1 saturated carbocycles. The van der Waals surface area contributed by atoms with Crippen molar-refractivity contribution >= 4 is 16.9 Å². The Morgan fingerprint density at radius 1 is 1.44 bits per heavy atom. The number of nitrogens with one attached hydrogen (secondary N) is 1. The summed E-state index contributed by atoms with van der Waals surface area (Å²) >= 11 is 0. The van der Waals surface area contributed by atoms with Crippen LogP contribution in [0.2, 0.25) is 0 Å². The molecule has 1 aliphatic carbocycles. The third kappa shape index (κ3) is 2.01. The molecule has 1 aromatic carbocycles. The highest BCUT2D eigenvalue weighted by atomic mass is 16.3. The molecule has 0 radical (unpaired) electrons. The minimum atomic E-state index is 0.136. The Morgan fingerprint density at radius 3 is 3.17 bits per heavy atom. The Morgan fingerprint density at radius 2 is 2.33 bits per heavy atom. The van der Waals surface area contributed by atoms with Gasteiger partial charge in [0.25, 0.3) is 0 Å². The quantitative estimate of drug-likeness (QED) is 0.896. The number of fused-ring (bicyclic) bond motifs is 1. The lowest BCUT2D eigenvalue weighted by Crippen LogP contribution is -2.24. The maximum Gasteiger partial charge on any atom is 0.219 e. The summed E-state index contributed by atoms with van der Waals surface area (Å²) in [6.45, 7) is 2.66. The number of hydrogen-bond acceptors (Lipinski definition) is 2. The van der Waals surface area contributed by atoms with Gasteiger partial charge in [-0.1, -0.05) is 25.1 Å². The molecule has 0 aliphatic heterocycles. The fraction of sp³-hybridized carbons (Fsp3) is 0.400. The molecule has 2 atom stereocenters. The van der Waals surface area contributed by atoms with Gasteiger partial charge in [0.05, 0.1) is 6.26 Å². The number of amides is 1. The first-order valence-corrected chi connectivity index (χ1v) is 6.52. The minimum Gasteiger partial charge on any atom is -0.464 e. The van der Waals surface area contributed by atoms with Gasteiger partial charge in [0, 0.05) is 18.4 Å². The van der Waals surface area contributed by atoms with Gasteiger partial charge in [0.1, 0.15) is 5.58 Å². The highest BCUT2D eigenvalue weighted by Gasteiger charge is 2.39. The highest BCUT2D eigenvalue weighted by Crippen LogP contribution is 2.49. The standard InChI is InChI=1S/C15H17NO2/c1-2-14(17)16-9-11-8-13(11)12-5-3-4-10-6-7-18-15(10)12/h3-7,11,13H,2,8-9H2,1H3,(H,16,17). The van der Waals surface area contributed by atoms with E-state index >= 15 is 0 Å². The number of furan rings is 1. The monoisotopic (exact) mass is 243 g/mol. The molecule has 3 heteroatoms. The molecule has 0 spiro atoms. The van der Waals surface area contributed by atoms with Crippen LogP contribution in [0.15, 0.2) is 34.9 Å². The molecular weight excluding hydrogens is 226 g/mol. The Kier molecular flexibility index (Phi) is 2.82. The maximum absolute atomic E-state index is 11.2. The predicted molar refractivity (Wildman–Crippen MR) is 70.4 cm³/mol. The summed E-state index contributed by atoms with van der Waals surface area (Å²) in [4.78, 5) is 11.2. The minimum absolute atomic E-state index is 0.136. The normalized spacial score (nSPS) is 22.1. The number of rotatable bonds is 4. The van der Waals surface area contributed by atoms with Crippen LogP contribution in [0, 0.1) is 5.92 Å². The van der Waals surface area contributed by atoms with E-state index in [9.17, 15) is 4.79 Å². The van der Waals surface area contributed by atoms with E-state index in [0.717, 1.165) is 23.9 Å². The predicted octanol–water partition coefficient (Wildman–Crippen LogP) is 3.06. The Bertz CT molecular complexity index is 573. The van der Waals surface area contributed by atoms with E-state index in [-0.39, 0.29) is 5.91 Å². The van der Waals surface area contributed by atoms with Crippen molar-refractivity contribution in [2.24, 2.45) is 5.92 Å². The lowest BCUT2D eigenvalue weighted by molar-refractivity contribution is -0.120. The average Bonchev–Trinajstić information content (AvgIpc) is 3.00. The Hall–Kier alpha value is -1.77. The lowest BCUT2D eigenvalue weighted by Gasteiger charge is -2.03. The summed E-state index contributed by atoms with van der Waals surface area (Å²) in [5, 5.41) is 4.13. The molecular formula is C15H17NO2. The molecule has 1 heterocycles. The van der Waals surface area contributed by atoms with Gasteiger partial charge in [-0.05, 0) is 29.9 Å². The van der Waals surface area contributed by atoms with Crippen LogP contribution in [0.5, 0.6) is 0 Å². The molecule has 1 amide bonds. The van der Waals surface area contributed by atoms with E-state index < -0.39 is 0 Å². The Balaban J connectivity index is 1.70. The van der Waals surface area contributed by atoms with Crippen molar-refractivity contribution in [3.63, 3.8) is 0 Å². The molecule has 1 N–H and O–H groups in total. The van der Waals surface area contributed by atoms with Crippen LogP contribution in [0.3, 0.4) is 0 Å². The molecule has 2 aromatic rings. The number of carbonyl (C=O) groups is 1. The molecule has 1 fully saturated rings. The maximum atomic E-state index is 11.2. The summed E-state index contributed by atoms with van der Waals surface area (Å²) in [6.07, 6.45) is 3.44. The fourth-order valence-electron chi connectivity index (χ4n) is 2.53. The second-order valence-electron chi connectivity index (χ2n) is 4.95. The van der Waals surface area contributed by atoms with Crippen LogP contribution >= 0.6 is 0 Å². The van der Waals surface area contributed by atoms with Crippen molar-refractivity contribution in [3.8, 4) is 0 Å². The largest absolute Gasteiger partial charge is 0.464 e. The van der Waals surface area contributed by atoms with Crippen LogP contribution in [0.4, 0.5) is 0 Å². The van der Waals surface area contributed by atoms with Crippen molar-refractivity contribution in [3.05, 3.63) is 36.1 Å². The van der Waals surface area contributed by atoms with E-state index in [2.05, 4.69) is 23.5 Å². The van der Waals surface area contributed by atoms with Crippen LogP contribution < -0.4 is 5.32 Å². The van der Waals surface area contributed by atoms with Crippen molar-refractivity contribution < 1.29 is 9.21 Å². The summed E-state index contributed by atoms with van der Waals surface area (Å²) in [6, 6.07) is 8.28. The first-order valence-electron chi connectivity index (χ1n) is 6.52. The zero-order valence-electron chi connectivity index (χ0n) is 10.5. The smallest absolute Gasteiger partial charge is 0.219 e. The summed E-state index contributed by atoms with van der Waals surface area (Å²) in [5.74, 6) is 1.24. The van der Waals surface area contributed by atoms with Gasteiger partial charge in [0.15, 0.2) is 0 Å². The summed E-state index contributed by atoms with van der Waals surface area (Å²) in [5.41, 5.74) is 2.29. The molecule has 0 bridgehead atoms. The second kappa shape index (κ2) is 4.48. The molecule has 1 aromatic heterocycles. The van der Waals surface area contributed by atoms with Gasteiger partial charge in [0.2, 0.25) is 5.91 Å². The van der Waals surface area contributed by atoms with E-state index in [1.165, 1.54) is 5.56 Å². The number of carbonyl (C=O) groups excluding carboxylic acids is 1. The average molecular weight is 243 g/mol. The van der Waals surface area contributed by atoms with E-state index in [0.29, 0.717) is 18.3 Å². The number of para-hydroxylation sites is 1. The van der Waals surface area contributed by atoms with Gasteiger partial charge >= 0.3 is 0 Å². The van der Waals surface area contributed by atoms with Crippen LogP contribution in [-0.4, -0.2) is 12.5 Å². The topological polar surface area (TPSA) is 42.2 Å². The first-order chi connectivity index (χ1) is 8.79. The zero-order valence-corrected chi connectivity index (χ0v) is 10.5. The first kappa shape index (κ1) is 11.3. The van der Waals surface area contributed by atoms with Gasteiger partial charge in [-0.15, -0.1) is 0 Å². The molecule has 18 heavy (non-hydrogen) atoms. The second-order valence-corrected chi connectivity index (χ2v) is 4.95. The van der Waals surface area contributed by atoms with Crippen molar-refractivity contribution in [1.29, 1.82) is 0 Å². The fourth-order valence-corrected chi connectivity index (χ4v) is 2.53. The van der Waals surface area contributed by atoms with Crippen molar-refractivity contribution in [2.45, 2.75) is 25.7 Å². The van der Waals surface area contributed by atoms with E-state index in [1.54, 1.807) is 6.26 Å². The SMILES string of the molecule is CCC(=O)NCC1CC1c1cccc2ccoc12. The number of benzene rings is 1. The van der Waals surface area contributed by atoms with Gasteiger partial charge in [-0.2, -0.15) is 0 Å². The Labute approximate surface area is 106 Å². The van der Waals surface area contributed by atoms with Crippen molar-refractivity contribution in [2.75, 3.05) is 6.54 Å². The summed E-state index contributed by atoms with van der Waals surface area (Å²) in [7, 11) is 0. The van der Waals surface area contributed by atoms with Crippen LogP contribution in [0.1, 0.15) is 31.2 Å². The molecule has 94 valence electrons. The summed E-state index contributed by atoms with van der Waals surface area (Å²) < 4.78 is 5.56. The third-order valence-electron chi connectivity index (χ3n) is 3.71. The lowest BCUT2D eigenvalue weighted by atomic mass is 10.1. The van der Waals surface area contributed by atoms with Gasteiger partial charge in [-0.25, -0.2) is 0 Å². The molecule has 3 nitrogen and oxygen atoms in total.